The SMILES string of the molecule is CCNC(=O)CCN1CCC(NCC)C(C)C1. The van der Waals surface area contributed by atoms with Crippen molar-refractivity contribution in [1.82, 2.24) is 15.5 Å². The molecule has 1 rings (SSSR count). The van der Waals surface area contributed by atoms with E-state index in [0.717, 1.165) is 32.7 Å². The van der Waals surface area contributed by atoms with Gasteiger partial charge in [-0.3, -0.25) is 4.79 Å². The lowest BCUT2D eigenvalue weighted by Gasteiger charge is -2.37. The Morgan fingerprint density at radius 3 is 2.71 bits per heavy atom. The van der Waals surface area contributed by atoms with Crippen molar-refractivity contribution in [1.29, 1.82) is 0 Å². The van der Waals surface area contributed by atoms with E-state index < -0.39 is 0 Å². The molecule has 2 unspecified atom stereocenters. The van der Waals surface area contributed by atoms with Crippen LogP contribution in [0.3, 0.4) is 0 Å². The number of hydrogen-bond acceptors (Lipinski definition) is 3. The molecular formula is C13H27N3O. The van der Waals surface area contributed by atoms with Crippen molar-refractivity contribution in [2.45, 2.75) is 39.7 Å². The second-order valence-electron chi connectivity index (χ2n) is 4.93. The summed E-state index contributed by atoms with van der Waals surface area (Å²) in [4.78, 5) is 13.8. The Balaban J connectivity index is 2.22. The van der Waals surface area contributed by atoms with Gasteiger partial charge in [-0.25, -0.2) is 0 Å². The molecule has 0 saturated carbocycles. The maximum absolute atomic E-state index is 11.4. The summed E-state index contributed by atoms with van der Waals surface area (Å²) in [6.07, 6.45) is 1.83. The fourth-order valence-electron chi connectivity index (χ4n) is 2.55. The van der Waals surface area contributed by atoms with Crippen LogP contribution >= 0.6 is 0 Å². The number of rotatable bonds is 6. The molecule has 100 valence electrons. The molecule has 1 aliphatic rings. The minimum absolute atomic E-state index is 0.175. The molecule has 0 spiro atoms. The highest BCUT2D eigenvalue weighted by Gasteiger charge is 2.25. The fourth-order valence-corrected chi connectivity index (χ4v) is 2.55. The first-order valence-electron chi connectivity index (χ1n) is 6.89. The molecule has 1 heterocycles. The van der Waals surface area contributed by atoms with Gasteiger partial charge in [-0.2, -0.15) is 0 Å². The van der Waals surface area contributed by atoms with E-state index in [-0.39, 0.29) is 5.91 Å². The quantitative estimate of drug-likeness (QED) is 0.724. The molecule has 2 N–H and O–H groups in total. The smallest absolute Gasteiger partial charge is 0.221 e. The second kappa shape index (κ2) is 7.67. The molecule has 2 atom stereocenters. The first-order valence-corrected chi connectivity index (χ1v) is 6.89. The lowest BCUT2D eigenvalue weighted by atomic mass is 9.94. The predicted octanol–water partition coefficient (Wildman–Crippen LogP) is 0.833. The third-order valence-corrected chi connectivity index (χ3v) is 3.48. The highest BCUT2D eigenvalue weighted by atomic mass is 16.1. The van der Waals surface area contributed by atoms with E-state index in [9.17, 15) is 4.79 Å². The van der Waals surface area contributed by atoms with Crippen molar-refractivity contribution in [2.24, 2.45) is 5.92 Å². The second-order valence-corrected chi connectivity index (χ2v) is 4.93. The molecule has 1 saturated heterocycles. The zero-order valence-corrected chi connectivity index (χ0v) is 11.5. The van der Waals surface area contributed by atoms with Crippen LogP contribution in [0.5, 0.6) is 0 Å². The minimum atomic E-state index is 0.175. The van der Waals surface area contributed by atoms with Crippen molar-refractivity contribution < 1.29 is 4.79 Å². The summed E-state index contributed by atoms with van der Waals surface area (Å²) < 4.78 is 0. The largest absolute Gasteiger partial charge is 0.356 e. The zero-order valence-electron chi connectivity index (χ0n) is 11.5. The summed E-state index contributed by atoms with van der Waals surface area (Å²) in [6.45, 7) is 11.3. The minimum Gasteiger partial charge on any atom is -0.356 e. The summed E-state index contributed by atoms with van der Waals surface area (Å²) in [6, 6.07) is 0.653. The Labute approximate surface area is 105 Å². The number of amides is 1. The summed E-state index contributed by atoms with van der Waals surface area (Å²) >= 11 is 0. The summed E-state index contributed by atoms with van der Waals surface area (Å²) in [5.41, 5.74) is 0. The van der Waals surface area contributed by atoms with Gasteiger partial charge in [0.05, 0.1) is 0 Å². The molecule has 1 aliphatic heterocycles. The number of carbonyl (C=O) groups is 1. The van der Waals surface area contributed by atoms with Gasteiger partial charge in [0.25, 0.3) is 0 Å². The first-order chi connectivity index (χ1) is 8.17. The standard InChI is InChI=1S/C13H27N3O/c1-4-14-12-6-8-16(10-11(12)3)9-7-13(17)15-5-2/h11-12,14H,4-10H2,1-3H3,(H,15,17). The zero-order chi connectivity index (χ0) is 12.7. The van der Waals surface area contributed by atoms with E-state index in [4.69, 9.17) is 0 Å². The van der Waals surface area contributed by atoms with Crippen molar-refractivity contribution in [3.8, 4) is 0 Å². The maximum Gasteiger partial charge on any atom is 0.221 e. The van der Waals surface area contributed by atoms with Crippen molar-refractivity contribution >= 4 is 5.91 Å². The van der Waals surface area contributed by atoms with E-state index in [0.29, 0.717) is 18.4 Å². The molecule has 4 heteroatoms. The summed E-state index contributed by atoms with van der Waals surface area (Å²) in [7, 11) is 0. The average molecular weight is 241 g/mol. The maximum atomic E-state index is 11.4. The number of carbonyl (C=O) groups excluding carboxylic acids is 1. The Morgan fingerprint density at radius 1 is 1.35 bits per heavy atom. The van der Waals surface area contributed by atoms with E-state index in [1.807, 2.05) is 6.92 Å². The monoisotopic (exact) mass is 241 g/mol. The molecule has 0 aromatic heterocycles. The molecule has 1 fully saturated rings. The van der Waals surface area contributed by atoms with Gasteiger partial charge in [0.15, 0.2) is 0 Å². The van der Waals surface area contributed by atoms with Crippen LogP contribution < -0.4 is 10.6 Å². The third-order valence-electron chi connectivity index (χ3n) is 3.48. The van der Waals surface area contributed by atoms with Gasteiger partial charge in [-0.15, -0.1) is 0 Å². The number of hydrogen-bond donors (Lipinski definition) is 2. The van der Waals surface area contributed by atoms with E-state index >= 15 is 0 Å². The lowest BCUT2D eigenvalue weighted by molar-refractivity contribution is -0.121. The molecule has 17 heavy (non-hydrogen) atoms. The van der Waals surface area contributed by atoms with Crippen LogP contribution in [-0.4, -0.2) is 49.6 Å². The van der Waals surface area contributed by atoms with E-state index in [1.165, 1.54) is 6.42 Å². The Bertz CT molecular complexity index is 233. The number of nitrogens with zero attached hydrogens (tertiary/aromatic N) is 1. The van der Waals surface area contributed by atoms with Crippen LogP contribution in [0.2, 0.25) is 0 Å². The van der Waals surface area contributed by atoms with Crippen LogP contribution in [0.25, 0.3) is 0 Å². The molecule has 0 bridgehead atoms. The van der Waals surface area contributed by atoms with Gasteiger partial charge < -0.3 is 15.5 Å². The molecule has 1 amide bonds. The molecule has 0 aromatic carbocycles. The predicted molar refractivity (Wildman–Crippen MR) is 71.0 cm³/mol. The molecule has 0 aromatic rings. The van der Waals surface area contributed by atoms with Crippen LogP contribution in [-0.2, 0) is 4.79 Å². The Hall–Kier alpha value is -0.610. The highest BCUT2D eigenvalue weighted by Crippen LogP contribution is 2.16. The summed E-state index contributed by atoms with van der Waals surface area (Å²) in [5, 5.41) is 6.38. The third kappa shape index (κ3) is 5.04. The van der Waals surface area contributed by atoms with E-state index in [1.54, 1.807) is 0 Å². The van der Waals surface area contributed by atoms with Gasteiger partial charge in [0.1, 0.15) is 0 Å². The van der Waals surface area contributed by atoms with Crippen LogP contribution in [0.4, 0.5) is 0 Å². The van der Waals surface area contributed by atoms with Gasteiger partial charge in [-0.05, 0) is 32.4 Å². The van der Waals surface area contributed by atoms with Crippen LogP contribution in [0.15, 0.2) is 0 Å². The fraction of sp³-hybridized carbons (Fsp3) is 0.923. The van der Waals surface area contributed by atoms with Gasteiger partial charge in [-0.1, -0.05) is 13.8 Å². The molecule has 0 radical (unpaired) electrons. The topological polar surface area (TPSA) is 44.4 Å². The number of nitrogens with one attached hydrogen (secondary N) is 2. The van der Waals surface area contributed by atoms with Crippen molar-refractivity contribution in [3.05, 3.63) is 0 Å². The normalized spacial score (nSPS) is 25.8. The number of likely N-dealkylation sites (tertiary alicyclic amines) is 1. The summed E-state index contributed by atoms with van der Waals surface area (Å²) in [5.74, 6) is 0.854. The van der Waals surface area contributed by atoms with Crippen LogP contribution in [0, 0.1) is 5.92 Å². The lowest BCUT2D eigenvalue weighted by Crippen LogP contribution is -2.48. The van der Waals surface area contributed by atoms with Crippen LogP contribution in [0.1, 0.15) is 33.6 Å². The highest BCUT2D eigenvalue weighted by molar-refractivity contribution is 5.75. The Morgan fingerprint density at radius 2 is 2.12 bits per heavy atom. The van der Waals surface area contributed by atoms with Crippen molar-refractivity contribution in [2.75, 3.05) is 32.7 Å². The molecule has 4 nitrogen and oxygen atoms in total. The van der Waals surface area contributed by atoms with Gasteiger partial charge in [0.2, 0.25) is 5.91 Å². The molecule has 0 aliphatic carbocycles. The van der Waals surface area contributed by atoms with Crippen molar-refractivity contribution in [3.63, 3.8) is 0 Å². The average Bonchev–Trinajstić information content (AvgIpc) is 2.30. The molecular weight excluding hydrogens is 214 g/mol. The number of piperidine rings is 1. The first kappa shape index (κ1) is 14.5. The van der Waals surface area contributed by atoms with Gasteiger partial charge >= 0.3 is 0 Å². The van der Waals surface area contributed by atoms with E-state index in [2.05, 4.69) is 29.4 Å². The Kier molecular flexibility index (Phi) is 6.52. The van der Waals surface area contributed by atoms with Gasteiger partial charge in [0, 0.05) is 32.1 Å².